The summed E-state index contributed by atoms with van der Waals surface area (Å²) in [6, 6.07) is 7.42. The summed E-state index contributed by atoms with van der Waals surface area (Å²) in [6.07, 6.45) is 7.78. The topological polar surface area (TPSA) is 50.4 Å². The highest BCUT2D eigenvalue weighted by molar-refractivity contribution is 5.94. The maximum absolute atomic E-state index is 11.7. The largest absolute Gasteiger partial charge is 0.497 e. The Hall–Kier alpha value is -2.23. The minimum atomic E-state index is -0.0859. The Morgan fingerprint density at radius 3 is 2.85 bits per heavy atom. The number of nitrogens with one attached hydrogen (secondary N) is 2. The fraction of sp³-hybridized carbons (Fsp3) is 0.312. The summed E-state index contributed by atoms with van der Waals surface area (Å²) >= 11 is 0. The molecule has 20 heavy (non-hydrogen) atoms. The zero-order valence-electron chi connectivity index (χ0n) is 11.5. The van der Waals surface area contributed by atoms with Crippen molar-refractivity contribution in [1.82, 2.24) is 5.32 Å². The SMILES string of the molecule is C=CCNC(=O)c1ccc(NCC2CCC=CO2)cc1. The molecule has 0 saturated heterocycles. The molecule has 106 valence electrons. The van der Waals surface area contributed by atoms with Crippen LogP contribution in [0.1, 0.15) is 23.2 Å². The second kappa shape index (κ2) is 7.38. The molecule has 0 aliphatic carbocycles. The first-order valence-corrected chi connectivity index (χ1v) is 6.83. The lowest BCUT2D eigenvalue weighted by atomic mass is 10.1. The molecule has 1 atom stereocenters. The van der Waals surface area contributed by atoms with Gasteiger partial charge in [0.1, 0.15) is 6.10 Å². The lowest BCUT2D eigenvalue weighted by Crippen LogP contribution is -2.24. The van der Waals surface area contributed by atoms with Crippen molar-refractivity contribution < 1.29 is 9.53 Å². The van der Waals surface area contributed by atoms with E-state index in [4.69, 9.17) is 4.74 Å². The van der Waals surface area contributed by atoms with Gasteiger partial charge in [-0.05, 0) is 43.2 Å². The average molecular weight is 272 g/mol. The molecule has 0 saturated carbocycles. The van der Waals surface area contributed by atoms with Crippen molar-refractivity contribution >= 4 is 11.6 Å². The number of hydrogen-bond donors (Lipinski definition) is 2. The molecule has 1 unspecified atom stereocenters. The summed E-state index contributed by atoms with van der Waals surface area (Å²) in [4.78, 5) is 11.7. The molecular weight excluding hydrogens is 252 g/mol. The zero-order valence-corrected chi connectivity index (χ0v) is 11.5. The second-order valence-corrected chi connectivity index (χ2v) is 4.66. The van der Waals surface area contributed by atoms with E-state index >= 15 is 0 Å². The van der Waals surface area contributed by atoms with E-state index in [2.05, 4.69) is 17.2 Å². The zero-order chi connectivity index (χ0) is 14.2. The molecule has 2 N–H and O–H groups in total. The van der Waals surface area contributed by atoms with Gasteiger partial charge in [-0.1, -0.05) is 6.08 Å². The fourth-order valence-electron chi connectivity index (χ4n) is 1.97. The van der Waals surface area contributed by atoms with Crippen LogP contribution in [0.5, 0.6) is 0 Å². The lowest BCUT2D eigenvalue weighted by Gasteiger charge is -2.20. The molecule has 4 nitrogen and oxygen atoms in total. The quantitative estimate of drug-likeness (QED) is 0.783. The molecule has 1 amide bonds. The van der Waals surface area contributed by atoms with Gasteiger partial charge in [-0.25, -0.2) is 0 Å². The minimum absolute atomic E-state index is 0.0859. The van der Waals surface area contributed by atoms with Gasteiger partial charge in [0.15, 0.2) is 0 Å². The molecule has 0 radical (unpaired) electrons. The van der Waals surface area contributed by atoms with Crippen LogP contribution in [0.15, 0.2) is 49.3 Å². The van der Waals surface area contributed by atoms with E-state index < -0.39 is 0 Å². The van der Waals surface area contributed by atoms with E-state index in [0.29, 0.717) is 12.1 Å². The molecule has 2 rings (SSSR count). The van der Waals surface area contributed by atoms with Crippen LogP contribution in [0.3, 0.4) is 0 Å². The summed E-state index contributed by atoms with van der Waals surface area (Å²) in [6.45, 7) is 4.82. The third-order valence-corrected chi connectivity index (χ3v) is 3.11. The van der Waals surface area contributed by atoms with Crippen molar-refractivity contribution in [3.05, 3.63) is 54.8 Å². The van der Waals surface area contributed by atoms with Crippen molar-refractivity contribution in [2.24, 2.45) is 0 Å². The number of benzene rings is 1. The number of carbonyl (C=O) groups excluding carboxylic acids is 1. The van der Waals surface area contributed by atoms with Crippen LogP contribution in [0, 0.1) is 0 Å². The van der Waals surface area contributed by atoms with Gasteiger partial charge >= 0.3 is 0 Å². The van der Waals surface area contributed by atoms with Crippen LogP contribution >= 0.6 is 0 Å². The Morgan fingerprint density at radius 1 is 1.40 bits per heavy atom. The summed E-state index contributed by atoms with van der Waals surface area (Å²) in [7, 11) is 0. The number of allylic oxidation sites excluding steroid dienone is 1. The van der Waals surface area contributed by atoms with Gasteiger partial charge in [0.05, 0.1) is 12.8 Å². The van der Waals surface area contributed by atoms with Crippen LogP contribution in [0.25, 0.3) is 0 Å². The molecule has 1 aromatic rings. The van der Waals surface area contributed by atoms with Crippen LogP contribution in [0.2, 0.25) is 0 Å². The molecule has 4 heteroatoms. The van der Waals surface area contributed by atoms with E-state index in [1.54, 1.807) is 12.3 Å². The number of amides is 1. The van der Waals surface area contributed by atoms with E-state index in [1.807, 2.05) is 30.3 Å². The van der Waals surface area contributed by atoms with Crippen molar-refractivity contribution in [3.63, 3.8) is 0 Å². The predicted octanol–water partition coefficient (Wildman–Crippen LogP) is 2.71. The van der Waals surface area contributed by atoms with Gasteiger partial charge in [-0.15, -0.1) is 6.58 Å². The smallest absolute Gasteiger partial charge is 0.251 e. The number of anilines is 1. The molecule has 1 aliphatic rings. The number of hydrogen-bond acceptors (Lipinski definition) is 3. The van der Waals surface area contributed by atoms with Gasteiger partial charge in [0.2, 0.25) is 0 Å². The highest BCUT2D eigenvalue weighted by atomic mass is 16.5. The molecular formula is C16H20N2O2. The van der Waals surface area contributed by atoms with Crippen molar-refractivity contribution in [2.45, 2.75) is 18.9 Å². The minimum Gasteiger partial charge on any atom is -0.497 e. The van der Waals surface area contributed by atoms with Gasteiger partial charge in [0.25, 0.3) is 5.91 Å². The third kappa shape index (κ3) is 4.16. The van der Waals surface area contributed by atoms with Crippen LogP contribution in [-0.2, 0) is 4.74 Å². The third-order valence-electron chi connectivity index (χ3n) is 3.11. The van der Waals surface area contributed by atoms with Gasteiger partial charge < -0.3 is 15.4 Å². The van der Waals surface area contributed by atoms with Gasteiger partial charge in [-0.2, -0.15) is 0 Å². The normalized spacial score (nSPS) is 17.1. The van der Waals surface area contributed by atoms with E-state index in [-0.39, 0.29) is 12.0 Å². The Kier molecular flexibility index (Phi) is 5.24. The highest BCUT2D eigenvalue weighted by Crippen LogP contribution is 2.13. The molecule has 1 heterocycles. The van der Waals surface area contributed by atoms with Crippen LogP contribution in [-0.4, -0.2) is 25.1 Å². The first kappa shape index (κ1) is 14.2. The Bertz CT molecular complexity index is 480. The second-order valence-electron chi connectivity index (χ2n) is 4.66. The fourth-order valence-corrected chi connectivity index (χ4v) is 1.97. The standard InChI is InChI=1S/C16H20N2O2/c1-2-10-17-16(19)13-6-8-14(9-7-13)18-12-15-5-3-4-11-20-15/h2,4,6-9,11,15,18H,1,3,5,10,12H2,(H,17,19). The summed E-state index contributed by atoms with van der Waals surface area (Å²) in [5, 5.41) is 6.06. The first-order chi connectivity index (χ1) is 9.79. The summed E-state index contributed by atoms with van der Waals surface area (Å²) < 4.78 is 5.49. The van der Waals surface area contributed by atoms with Crippen molar-refractivity contribution in [1.29, 1.82) is 0 Å². The number of rotatable bonds is 6. The van der Waals surface area contributed by atoms with E-state index in [0.717, 1.165) is 25.1 Å². The molecule has 0 bridgehead atoms. The monoisotopic (exact) mass is 272 g/mol. The number of carbonyl (C=O) groups is 1. The number of ether oxygens (including phenoxy) is 1. The van der Waals surface area contributed by atoms with Crippen LogP contribution < -0.4 is 10.6 Å². The predicted molar refractivity (Wildman–Crippen MR) is 80.7 cm³/mol. The molecule has 1 aliphatic heterocycles. The average Bonchev–Trinajstić information content (AvgIpc) is 2.52. The molecule has 0 fully saturated rings. The summed E-state index contributed by atoms with van der Waals surface area (Å²) in [5.41, 5.74) is 1.64. The maximum atomic E-state index is 11.7. The Morgan fingerprint density at radius 2 is 2.20 bits per heavy atom. The van der Waals surface area contributed by atoms with Gasteiger partial charge in [-0.3, -0.25) is 4.79 Å². The maximum Gasteiger partial charge on any atom is 0.251 e. The molecule has 1 aromatic carbocycles. The van der Waals surface area contributed by atoms with Crippen LogP contribution in [0.4, 0.5) is 5.69 Å². The van der Waals surface area contributed by atoms with Crippen molar-refractivity contribution in [3.8, 4) is 0 Å². The van der Waals surface area contributed by atoms with Gasteiger partial charge in [0, 0.05) is 17.8 Å². The Labute approximate surface area is 119 Å². The lowest BCUT2D eigenvalue weighted by molar-refractivity contribution is 0.0958. The van der Waals surface area contributed by atoms with E-state index in [9.17, 15) is 4.79 Å². The van der Waals surface area contributed by atoms with E-state index in [1.165, 1.54) is 0 Å². The molecule has 0 spiro atoms. The summed E-state index contributed by atoms with van der Waals surface area (Å²) in [5.74, 6) is -0.0859. The Balaban J connectivity index is 1.83. The van der Waals surface area contributed by atoms with Crippen molar-refractivity contribution in [2.75, 3.05) is 18.4 Å². The highest BCUT2D eigenvalue weighted by Gasteiger charge is 2.10. The molecule has 0 aromatic heterocycles. The first-order valence-electron chi connectivity index (χ1n) is 6.83.